The number of benzene rings is 2. The average Bonchev–Trinajstić information content (AvgIpc) is 2.78. The molecule has 1 fully saturated rings. The van der Waals surface area contributed by atoms with Crippen LogP contribution in [0.1, 0.15) is 24.0 Å². The molecule has 0 amide bonds. The van der Waals surface area contributed by atoms with Crippen molar-refractivity contribution in [1.29, 1.82) is 0 Å². The van der Waals surface area contributed by atoms with Crippen LogP contribution in [0.15, 0.2) is 36.4 Å². The first-order chi connectivity index (χ1) is 15.0. The second-order valence-corrected chi connectivity index (χ2v) is 8.37. The van der Waals surface area contributed by atoms with Crippen molar-refractivity contribution in [2.75, 3.05) is 54.6 Å². The fourth-order valence-corrected chi connectivity index (χ4v) is 4.50. The molecule has 0 N–H and O–H groups in total. The minimum Gasteiger partial charge on any atom is -0.496 e. The van der Waals surface area contributed by atoms with E-state index in [-0.39, 0.29) is 5.82 Å². The van der Waals surface area contributed by atoms with Crippen molar-refractivity contribution < 1.29 is 18.6 Å². The van der Waals surface area contributed by atoms with E-state index in [0.717, 1.165) is 56.0 Å². The van der Waals surface area contributed by atoms with Gasteiger partial charge in [-0.1, -0.05) is 18.2 Å². The summed E-state index contributed by atoms with van der Waals surface area (Å²) in [6, 6.07) is 11.0. The van der Waals surface area contributed by atoms with E-state index in [9.17, 15) is 4.39 Å². The Kier molecular flexibility index (Phi) is 8.55. The zero-order valence-electron chi connectivity index (χ0n) is 19.2. The Bertz CT molecular complexity index is 846. The maximum Gasteiger partial charge on any atom is 0.164 e. The van der Waals surface area contributed by atoms with Gasteiger partial charge < -0.3 is 24.0 Å². The van der Waals surface area contributed by atoms with Gasteiger partial charge in [0.25, 0.3) is 0 Å². The van der Waals surface area contributed by atoms with E-state index in [4.69, 9.17) is 14.2 Å². The van der Waals surface area contributed by atoms with Crippen molar-refractivity contribution in [3.05, 3.63) is 53.3 Å². The molecule has 0 aliphatic carbocycles. The second-order valence-electron chi connectivity index (χ2n) is 8.37. The maximum absolute atomic E-state index is 13.9. The molecule has 2 aromatic rings. The number of piperidine rings is 1. The standard InChI is InChI=1S/C25H35FN2O3/c1-27(18-21-14-24(30-3)25(31-4)15-23(21)29-2)16-19-8-7-12-28(17-19)13-11-20-9-5-6-10-22(20)26/h5-6,9-10,14-15,19H,7-8,11-13,16-18H2,1-4H3/t19-/m1/s1. The fourth-order valence-electron chi connectivity index (χ4n) is 4.50. The Morgan fingerprint density at radius 2 is 1.71 bits per heavy atom. The average molecular weight is 431 g/mol. The zero-order valence-corrected chi connectivity index (χ0v) is 19.2. The van der Waals surface area contributed by atoms with Crippen molar-refractivity contribution in [3.63, 3.8) is 0 Å². The number of methoxy groups -OCH3 is 3. The van der Waals surface area contributed by atoms with E-state index in [2.05, 4.69) is 16.8 Å². The lowest BCUT2D eigenvalue weighted by Crippen LogP contribution is -2.40. The number of rotatable bonds is 10. The predicted molar refractivity (Wildman–Crippen MR) is 122 cm³/mol. The van der Waals surface area contributed by atoms with Crippen molar-refractivity contribution in [1.82, 2.24) is 9.80 Å². The molecule has 0 spiro atoms. The summed E-state index contributed by atoms with van der Waals surface area (Å²) in [6.07, 6.45) is 3.18. The molecular formula is C25H35FN2O3. The molecule has 0 unspecified atom stereocenters. The highest BCUT2D eigenvalue weighted by atomic mass is 19.1. The molecule has 170 valence electrons. The Hall–Kier alpha value is -2.31. The molecule has 0 saturated carbocycles. The van der Waals surface area contributed by atoms with Gasteiger partial charge in [0.15, 0.2) is 11.5 Å². The smallest absolute Gasteiger partial charge is 0.164 e. The molecular weight excluding hydrogens is 395 g/mol. The van der Waals surface area contributed by atoms with Crippen LogP contribution >= 0.6 is 0 Å². The molecule has 0 radical (unpaired) electrons. The molecule has 0 bridgehead atoms. The van der Waals surface area contributed by atoms with E-state index in [0.29, 0.717) is 17.4 Å². The molecule has 5 nitrogen and oxygen atoms in total. The molecule has 3 rings (SSSR count). The van der Waals surface area contributed by atoms with Gasteiger partial charge in [0, 0.05) is 37.8 Å². The van der Waals surface area contributed by atoms with Crippen LogP contribution < -0.4 is 14.2 Å². The molecule has 31 heavy (non-hydrogen) atoms. The van der Waals surface area contributed by atoms with Gasteiger partial charge in [-0.05, 0) is 56.5 Å². The minimum atomic E-state index is -0.0975. The molecule has 2 aromatic carbocycles. The van der Waals surface area contributed by atoms with Gasteiger partial charge in [0.1, 0.15) is 11.6 Å². The summed E-state index contributed by atoms with van der Waals surface area (Å²) >= 11 is 0. The summed E-state index contributed by atoms with van der Waals surface area (Å²) in [5.74, 6) is 2.69. The van der Waals surface area contributed by atoms with Crippen LogP contribution in [0.25, 0.3) is 0 Å². The minimum absolute atomic E-state index is 0.0975. The molecule has 1 heterocycles. The van der Waals surface area contributed by atoms with Gasteiger partial charge >= 0.3 is 0 Å². The van der Waals surface area contributed by atoms with E-state index >= 15 is 0 Å². The highest BCUT2D eigenvalue weighted by Gasteiger charge is 2.22. The molecule has 6 heteroatoms. The number of ether oxygens (including phenoxy) is 3. The lowest BCUT2D eigenvalue weighted by atomic mass is 9.96. The number of halogens is 1. The van der Waals surface area contributed by atoms with Crippen molar-refractivity contribution in [2.24, 2.45) is 5.92 Å². The van der Waals surface area contributed by atoms with Gasteiger partial charge in [0.05, 0.1) is 21.3 Å². The Morgan fingerprint density at radius 1 is 1.00 bits per heavy atom. The zero-order chi connectivity index (χ0) is 22.2. The summed E-state index contributed by atoms with van der Waals surface area (Å²) in [7, 11) is 7.10. The lowest BCUT2D eigenvalue weighted by Gasteiger charge is -2.35. The highest BCUT2D eigenvalue weighted by molar-refractivity contribution is 5.50. The van der Waals surface area contributed by atoms with Crippen molar-refractivity contribution >= 4 is 0 Å². The van der Waals surface area contributed by atoms with E-state index in [1.807, 2.05) is 24.3 Å². The summed E-state index contributed by atoms with van der Waals surface area (Å²) < 4.78 is 30.3. The molecule has 1 aliphatic rings. The predicted octanol–water partition coefficient (Wildman–Crippen LogP) is 4.24. The molecule has 1 atom stereocenters. The van der Waals surface area contributed by atoms with Gasteiger partial charge in [-0.2, -0.15) is 0 Å². The van der Waals surface area contributed by atoms with Crippen LogP contribution in [-0.2, 0) is 13.0 Å². The quantitative estimate of drug-likeness (QED) is 0.563. The SMILES string of the molecule is COc1cc(OC)c(OC)cc1CN(C)C[C@H]1CCCN(CCc2ccccc2F)C1. The van der Waals surface area contributed by atoms with Gasteiger partial charge in [-0.3, -0.25) is 0 Å². The monoisotopic (exact) mass is 430 g/mol. The number of nitrogens with zero attached hydrogens (tertiary/aromatic N) is 2. The number of hydrogen-bond donors (Lipinski definition) is 0. The third-order valence-corrected chi connectivity index (χ3v) is 6.06. The number of hydrogen-bond acceptors (Lipinski definition) is 5. The molecule has 1 saturated heterocycles. The fraction of sp³-hybridized carbons (Fsp3) is 0.520. The van der Waals surface area contributed by atoms with Crippen LogP contribution in [-0.4, -0.2) is 64.4 Å². The largest absolute Gasteiger partial charge is 0.496 e. The van der Waals surface area contributed by atoms with Crippen molar-refractivity contribution in [3.8, 4) is 17.2 Å². The third kappa shape index (κ3) is 6.34. The van der Waals surface area contributed by atoms with E-state index in [1.165, 1.54) is 12.8 Å². The maximum atomic E-state index is 13.9. The normalized spacial score (nSPS) is 17.0. The van der Waals surface area contributed by atoms with Crippen LogP contribution in [0.2, 0.25) is 0 Å². The highest BCUT2D eigenvalue weighted by Crippen LogP contribution is 2.35. The Balaban J connectivity index is 1.55. The van der Waals surface area contributed by atoms with Crippen LogP contribution in [0, 0.1) is 11.7 Å². The van der Waals surface area contributed by atoms with Crippen LogP contribution in [0.3, 0.4) is 0 Å². The van der Waals surface area contributed by atoms with Gasteiger partial charge in [0.2, 0.25) is 0 Å². The van der Waals surface area contributed by atoms with Crippen LogP contribution in [0.4, 0.5) is 4.39 Å². The topological polar surface area (TPSA) is 34.2 Å². The molecule has 0 aromatic heterocycles. The van der Waals surface area contributed by atoms with Gasteiger partial charge in [-0.15, -0.1) is 0 Å². The third-order valence-electron chi connectivity index (χ3n) is 6.06. The Morgan fingerprint density at radius 3 is 2.42 bits per heavy atom. The lowest BCUT2D eigenvalue weighted by molar-refractivity contribution is 0.141. The number of likely N-dealkylation sites (tertiary alicyclic amines) is 1. The summed E-state index contributed by atoms with van der Waals surface area (Å²) in [4.78, 5) is 4.82. The van der Waals surface area contributed by atoms with E-state index < -0.39 is 0 Å². The second kappa shape index (κ2) is 11.3. The molecule has 1 aliphatic heterocycles. The van der Waals surface area contributed by atoms with Gasteiger partial charge in [-0.25, -0.2) is 4.39 Å². The van der Waals surface area contributed by atoms with Crippen LogP contribution in [0.5, 0.6) is 17.2 Å². The first-order valence-corrected chi connectivity index (χ1v) is 11.0. The summed E-state index contributed by atoms with van der Waals surface area (Å²) in [5, 5.41) is 0. The first kappa shape index (κ1) is 23.4. The van der Waals surface area contributed by atoms with E-state index in [1.54, 1.807) is 33.5 Å². The first-order valence-electron chi connectivity index (χ1n) is 11.0. The van der Waals surface area contributed by atoms with Crippen molar-refractivity contribution in [2.45, 2.75) is 25.8 Å². The summed E-state index contributed by atoms with van der Waals surface area (Å²) in [6.45, 7) is 4.84. The summed E-state index contributed by atoms with van der Waals surface area (Å²) in [5.41, 5.74) is 1.89. The Labute approximate surface area is 185 Å².